The Morgan fingerprint density at radius 3 is 2.65 bits per heavy atom. The van der Waals surface area contributed by atoms with Gasteiger partial charge in [-0.05, 0) is 42.9 Å². The zero-order chi connectivity index (χ0) is 17.8. The number of hydrogen-bond acceptors (Lipinski definition) is 4. The summed E-state index contributed by atoms with van der Waals surface area (Å²) in [5, 5.41) is 0. The fourth-order valence-corrected chi connectivity index (χ4v) is 3.91. The van der Waals surface area contributed by atoms with Crippen molar-refractivity contribution in [2.45, 2.75) is 25.4 Å². The number of pyridine rings is 1. The summed E-state index contributed by atoms with van der Waals surface area (Å²) in [5.41, 5.74) is 0.957. The molecule has 1 atom stereocenters. The van der Waals surface area contributed by atoms with E-state index in [0.717, 1.165) is 44.5 Å². The number of aromatic nitrogens is 1. The first kappa shape index (κ1) is 17.0. The zero-order valence-electron chi connectivity index (χ0n) is 14.8. The highest BCUT2D eigenvalue weighted by Gasteiger charge is 2.43. The van der Waals surface area contributed by atoms with Crippen LogP contribution in [0.5, 0.6) is 5.88 Å². The highest BCUT2D eigenvalue weighted by atomic mass is 16.5. The summed E-state index contributed by atoms with van der Waals surface area (Å²) < 4.78 is 11.7. The van der Waals surface area contributed by atoms with Gasteiger partial charge in [0.05, 0.1) is 12.7 Å². The standard InChI is InChI=1S/C21H24N2O3/c24-20(17-6-2-1-3-7-17)23-12-9-21(10-13-23)14-18(26-16-21)15-25-19-8-4-5-11-22-19/h1-8,11,18H,9-10,12-16H2/t18-/m0/s1. The number of amides is 1. The molecule has 3 heterocycles. The Kier molecular flexibility index (Phi) is 4.89. The van der Waals surface area contributed by atoms with Crippen molar-refractivity contribution in [2.24, 2.45) is 5.41 Å². The van der Waals surface area contributed by atoms with Crippen molar-refractivity contribution < 1.29 is 14.3 Å². The Balaban J connectivity index is 1.28. The van der Waals surface area contributed by atoms with Crippen LogP contribution in [0.4, 0.5) is 0 Å². The molecule has 2 aromatic rings. The smallest absolute Gasteiger partial charge is 0.253 e. The molecule has 2 fully saturated rings. The predicted octanol–water partition coefficient (Wildman–Crippen LogP) is 3.17. The van der Waals surface area contributed by atoms with Gasteiger partial charge in [-0.25, -0.2) is 4.98 Å². The lowest BCUT2D eigenvalue weighted by molar-refractivity contribution is 0.0423. The fraction of sp³-hybridized carbons (Fsp3) is 0.429. The normalized spacial score (nSPS) is 21.7. The Morgan fingerprint density at radius 1 is 1.15 bits per heavy atom. The lowest BCUT2D eigenvalue weighted by Crippen LogP contribution is -2.43. The summed E-state index contributed by atoms with van der Waals surface area (Å²) in [5.74, 6) is 0.773. The monoisotopic (exact) mass is 352 g/mol. The lowest BCUT2D eigenvalue weighted by atomic mass is 9.76. The number of likely N-dealkylation sites (tertiary alicyclic amines) is 1. The van der Waals surface area contributed by atoms with Crippen LogP contribution in [0, 0.1) is 5.41 Å². The Bertz CT molecular complexity index is 727. The van der Waals surface area contributed by atoms with E-state index in [2.05, 4.69) is 4.98 Å². The van der Waals surface area contributed by atoms with Crippen LogP contribution in [0.25, 0.3) is 0 Å². The molecule has 5 nitrogen and oxygen atoms in total. The van der Waals surface area contributed by atoms with Crippen LogP contribution >= 0.6 is 0 Å². The average Bonchev–Trinajstić information content (AvgIpc) is 3.10. The van der Waals surface area contributed by atoms with Gasteiger partial charge < -0.3 is 14.4 Å². The number of hydrogen-bond donors (Lipinski definition) is 0. The topological polar surface area (TPSA) is 51.7 Å². The summed E-state index contributed by atoms with van der Waals surface area (Å²) in [6, 6.07) is 15.2. The van der Waals surface area contributed by atoms with Gasteiger partial charge in [0.25, 0.3) is 5.91 Å². The fourth-order valence-electron chi connectivity index (χ4n) is 3.91. The first-order valence-electron chi connectivity index (χ1n) is 9.24. The molecule has 0 bridgehead atoms. The maximum atomic E-state index is 12.6. The van der Waals surface area contributed by atoms with Gasteiger partial charge in [-0.2, -0.15) is 0 Å². The van der Waals surface area contributed by atoms with Gasteiger partial charge in [0, 0.05) is 30.9 Å². The van der Waals surface area contributed by atoms with Crippen LogP contribution in [0.3, 0.4) is 0 Å². The van der Waals surface area contributed by atoms with Crippen molar-refractivity contribution in [3.63, 3.8) is 0 Å². The van der Waals surface area contributed by atoms with Crippen molar-refractivity contribution in [3.05, 3.63) is 60.3 Å². The van der Waals surface area contributed by atoms with E-state index >= 15 is 0 Å². The second-order valence-electron chi connectivity index (χ2n) is 7.27. The van der Waals surface area contributed by atoms with E-state index in [1.54, 1.807) is 6.20 Å². The second-order valence-corrected chi connectivity index (χ2v) is 7.27. The maximum absolute atomic E-state index is 12.6. The Hall–Kier alpha value is -2.40. The summed E-state index contributed by atoms with van der Waals surface area (Å²) in [6.07, 6.45) is 4.81. The predicted molar refractivity (Wildman–Crippen MR) is 98.1 cm³/mol. The molecule has 2 saturated heterocycles. The van der Waals surface area contributed by atoms with Crippen LogP contribution in [-0.2, 0) is 4.74 Å². The first-order chi connectivity index (χ1) is 12.7. The molecule has 4 rings (SSSR count). The molecule has 1 aromatic carbocycles. The van der Waals surface area contributed by atoms with Crippen molar-refractivity contribution in [2.75, 3.05) is 26.3 Å². The number of rotatable bonds is 4. The second kappa shape index (κ2) is 7.46. The number of carbonyl (C=O) groups is 1. The highest BCUT2D eigenvalue weighted by Crippen LogP contribution is 2.42. The molecule has 0 aliphatic carbocycles. The van der Waals surface area contributed by atoms with Gasteiger partial charge in [0.2, 0.25) is 5.88 Å². The van der Waals surface area contributed by atoms with Gasteiger partial charge >= 0.3 is 0 Å². The van der Waals surface area contributed by atoms with E-state index in [0.29, 0.717) is 12.5 Å². The van der Waals surface area contributed by atoms with Crippen LogP contribution in [-0.4, -0.2) is 48.2 Å². The molecule has 1 amide bonds. The van der Waals surface area contributed by atoms with Crippen molar-refractivity contribution >= 4 is 5.91 Å². The average molecular weight is 352 g/mol. The van der Waals surface area contributed by atoms with Gasteiger partial charge in [0.1, 0.15) is 6.61 Å². The lowest BCUT2D eigenvalue weighted by Gasteiger charge is -2.38. The van der Waals surface area contributed by atoms with Gasteiger partial charge in [-0.3, -0.25) is 4.79 Å². The third-order valence-corrected chi connectivity index (χ3v) is 5.47. The zero-order valence-corrected chi connectivity index (χ0v) is 14.8. The van der Waals surface area contributed by atoms with Crippen molar-refractivity contribution in [3.8, 4) is 5.88 Å². The minimum absolute atomic E-state index is 0.105. The van der Waals surface area contributed by atoms with E-state index in [-0.39, 0.29) is 17.4 Å². The molecule has 0 N–H and O–H groups in total. The third kappa shape index (κ3) is 3.73. The molecule has 2 aliphatic heterocycles. The Labute approximate surface area is 153 Å². The molecule has 0 saturated carbocycles. The summed E-state index contributed by atoms with van der Waals surface area (Å²) in [7, 11) is 0. The van der Waals surface area contributed by atoms with E-state index in [9.17, 15) is 4.79 Å². The van der Waals surface area contributed by atoms with Crippen LogP contribution in [0.1, 0.15) is 29.6 Å². The minimum atomic E-state index is 0.105. The first-order valence-corrected chi connectivity index (χ1v) is 9.24. The quantitative estimate of drug-likeness (QED) is 0.848. The molecular formula is C21H24N2O3. The van der Waals surface area contributed by atoms with E-state index < -0.39 is 0 Å². The van der Waals surface area contributed by atoms with Gasteiger partial charge in [-0.15, -0.1) is 0 Å². The van der Waals surface area contributed by atoms with Gasteiger partial charge in [0.15, 0.2) is 0 Å². The molecule has 26 heavy (non-hydrogen) atoms. The molecule has 1 aromatic heterocycles. The molecule has 0 radical (unpaired) electrons. The summed E-state index contributed by atoms with van der Waals surface area (Å²) >= 11 is 0. The minimum Gasteiger partial charge on any atom is -0.475 e. The molecule has 1 spiro atoms. The third-order valence-electron chi connectivity index (χ3n) is 5.47. The van der Waals surface area contributed by atoms with Gasteiger partial charge in [-0.1, -0.05) is 24.3 Å². The SMILES string of the molecule is O=C(c1ccccc1)N1CCC2(CC1)CO[C@H](COc1ccccn1)C2. The van der Waals surface area contributed by atoms with Crippen molar-refractivity contribution in [1.29, 1.82) is 0 Å². The molecule has 136 valence electrons. The van der Waals surface area contributed by atoms with Crippen LogP contribution in [0.2, 0.25) is 0 Å². The number of ether oxygens (including phenoxy) is 2. The van der Waals surface area contributed by atoms with E-state index in [1.807, 2.05) is 53.4 Å². The number of carbonyl (C=O) groups excluding carboxylic acids is 1. The van der Waals surface area contributed by atoms with E-state index in [1.165, 1.54) is 0 Å². The number of benzene rings is 1. The maximum Gasteiger partial charge on any atom is 0.253 e. The van der Waals surface area contributed by atoms with E-state index in [4.69, 9.17) is 9.47 Å². The number of piperidine rings is 1. The highest BCUT2D eigenvalue weighted by molar-refractivity contribution is 5.94. The number of nitrogens with zero attached hydrogens (tertiary/aromatic N) is 2. The van der Waals surface area contributed by atoms with Crippen molar-refractivity contribution in [1.82, 2.24) is 9.88 Å². The summed E-state index contributed by atoms with van der Waals surface area (Å²) in [6.45, 7) is 2.89. The molecule has 0 unspecified atom stereocenters. The van der Waals surface area contributed by atoms with Crippen LogP contribution in [0.15, 0.2) is 54.7 Å². The molecular weight excluding hydrogens is 328 g/mol. The largest absolute Gasteiger partial charge is 0.475 e. The van der Waals surface area contributed by atoms with Crippen LogP contribution < -0.4 is 4.74 Å². The molecule has 5 heteroatoms. The Morgan fingerprint density at radius 2 is 1.92 bits per heavy atom. The molecule has 2 aliphatic rings. The summed E-state index contributed by atoms with van der Waals surface area (Å²) in [4.78, 5) is 18.7.